The summed E-state index contributed by atoms with van der Waals surface area (Å²) in [6.45, 7) is 5.63. The average molecular weight is 541 g/mol. The number of hydrogen-bond acceptors (Lipinski definition) is 3. The number of likely N-dealkylation sites (tertiary alicyclic amines) is 1. The van der Waals surface area contributed by atoms with E-state index in [1.165, 1.54) is 12.8 Å². The summed E-state index contributed by atoms with van der Waals surface area (Å²) in [4.78, 5) is 31.3. The van der Waals surface area contributed by atoms with Crippen molar-refractivity contribution in [3.63, 3.8) is 0 Å². The van der Waals surface area contributed by atoms with Gasteiger partial charge in [-0.3, -0.25) is 14.6 Å². The van der Waals surface area contributed by atoms with Crippen molar-refractivity contribution in [3.8, 4) is 0 Å². The standard InChI is InChI=1S/C23H35N5O2.HI/c1-2-24-23(26-15-8-14-25-21(29)18-9-4-3-5-10-18)27-20-13-16-28(17-20)22(30)19-11-6-7-12-19;/h3-5,9-10,19-20H,2,6-8,11-17H2,1H3,(H,25,29)(H2,24,26,27);1H. The number of aliphatic imine (C=N–C) groups is 1. The Hall–Kier alpha value is -1.84. The molecule has 2 fully saturated rings. The normalized spacial score (nSPS) is 19.1. The number of halogens is 1. The lowest BCUT2D eigenvalue weighted by atomic mass is 10.1. The highest BCUT2D eigenvalue weighted by Gasteiger charge is 2.32. The molecular formula is C23H36IN5O2. The van der Waals surface area contributed by atoms with Crippen LogP contribution >= 0.6 is 24.0 Å². The molecule has 0 aromatic heterocycles. The smallest absolute Gasteiger partial charge is 0.251 e. The van der Waals surface area contributed by atoms with E-state index in [0.717, 1.165) is 51.3 Å². The second-order valence-corrected chi connectivity index (χ2v) is 8.13. The molecule has 8 heteroatoms. The third-order valence-corrected chi connectivity index (χ3v) is 5.82. The molecule has 1 heterocycles. The molecule has 1 atom stereocenters. The number of nitrogens with one attached hydrogen (secondary N) is 3. The van der Waals surface area contributed by atoms with E-state index in [1.54, 1.807) is 0 Å². The minimum atomic E-state index is -0.0532. The van der Waals surface area contributed by atoms with E-state index in [2.05, 4.69) is 20.9 Å². The fourth-order valence-electron chi connectivity index (χ4n) is 4.19. The lowest BCUT2D eigenvalue weighted by Crippen LogP contribution is -2.45. The summed E-state index contributed by atoms with van der Waals surface area (Å²) in [6.07, 6.45) is 6.21. The van der Waals surface area contributed by atoms with Crippen LogP contribution in [0.15, 0.2) is 35.3 Å². The molecule has 3 rings (SSSR count). The SMILES string of the molecule is CCNC(=NCCCNC(=O)c1ccccc1)NC1CCN(C(=O)C2CCCC2)C1.I. The van der Waals surface area contributed by atoms with Crippen molar-refractivity contribution in [2.24, 2.45) is 10.9 Å². The van der Waals surface area contributed by atoms with Crippen molar-refractivity contribution in [1.29, 1.82) is 0 Å². The van der Waals surface area contributed by atoms with Crippen LogP contribution < -0.4 is 16.0 Å². The number of benzene rings is 1. The van der Waals surface area contributed by atoms with Crippen molar-refractivity contribution in [2.45, 2.75) is 51.5 Å². The lowest BCUT2D eigenvalue weighted by molar-refractivity contribution is -0.134. The van der Waals surface area contributed by atoms with E-state index >= 15 is 0 Å². The van der Waals surface area contributed by atoms with Gasteiger partial charge in [-0.1, -0.05) is 31.0 Å². The summed E-state index contributed by atoms with van der Waals surface area (Å²) in [5.41, 5.74) is 0.675. The minimum Gasteiger partial charge on any atom is -0.357 e. The molecule has 0 bridgehead atoms. The van der Waals surface area contributed by atoms with Crippen LogP contribution in [0.5, 0.6) is 0 Å². The fraction of sp³-hybridized carbons (Fsp3) is 0.609. The first-order valence-corrected chi connectivity index (χ1v) is 11.3. The van der Waals surface area contributed by atoms with Gasteiger partial charge in [-0.05, 0) is 44.7 Å². The van der Waals surface area contributed by atoms with Gasteiger partial charge >= 0.3 is 0 Å². The first-order chi connectivity index (χ1) is 14.7. The largest absolute Gasteiger partial charge is 0.357 e. The summed E-state index contributed by atoms with van der Waals surface area (Å²) in [5.74, 6) is 1.32. The van der Waals surface area contributed by atoms with E-state index in [-0.39, 0.29) is 41.8 Å². The molecule has 1 aromatic carbocycles. The quantitative estimate of drug-likeness (QED) is 0.205. The highest BCUT2D eigenvalue weighted by atomic mass is 127. The fourth-order valence-corrected chi connectivity index (χ4v) is 4.19. The lowest BCUT2D eigenvalue weighted by Gasteiger charge is -2.21. The highest BCUT2D eigenvalue weighted by molar-refractivity contribution is 14.0. The second-order valence-electron chi connectivity index (χ2n) is 8.13. The van der Waals surface area contributed by atoms with Crippen LogP contribution in [0.2, 0.25) is 0 Å². The Morgan fingerprint density at radius 3 is 2.55 bits per heavy atom. The zero-order valence-corrected chi connectivity index (χ0v) is 20.8. The van der Waals surface area contributed by atoms with Crippen molar-refractivity contribution >= 4 is 41.8 Å². The van der Waals surface area contributed by atoms with E-state index in [9.17, 15) is 9.59 Å². The van der Waals surface area contributed by atoms with E-state index in [1.807, 2.05) is 42.2 Å². The molecule has 0 radical (unpaired) electrons. The van der Waals surface area contributed by atoms with Gasteiger partial charge in [-0.2, -0.15) is 0 Å². The molecule has 1 unspecified atom stereocenters. The summed E-state index contributed by atoms with van der Waals surface area (Å²) in [7, 11) is 0. The van der Waals surface area contributed by atoms with Crippen LogP contribution in [0.3, 0.4) is 0 Å². The molecule has 172 valence electrons. The number of carbonyl (C=O) groups excluding carboxylic acids is 2. The van der Waals surface area contributed by atoms with Gasteiger partial charge in [0.15, 0.2) is 5.96 Å². The topological polar surface area (TPSA) is 85.8 Å². The number of amides is 2. The molecule has 1 saturated heterocycles. The predicted octanol–water partition coefficient (Wildman–Crippen LogP) is 2.77. The van der Waals surface area contributed by atoms with E-state index < -0.39 is 0 Å². The first-order valence-electron chi connectivity index (χ1n) is 11.3. The molecule has 1 aliphatic heterocycles. The van der Waals surface area contributed by atoms with Crippen LogP contribution in [-0.2, 0) is 4.79 Å². The molecular weight excluding hydrogens is 505 g/mol. The van der Waals surface area contributed by atoms with Gasteiger partial charge in [0.2, 0.25) is 5.91 Å². The molecule has 1 aromatic rings. The van der Waals surface area contributed by atoms with Crippen LogP contribution in [0.25, 0.3) is 0 Å². The van der Waals surface area contributed by atoms with Crippen LogP contribution in [-0.4, -0.2) is 61.4 Å². The Labute approximate surface area is 202 Å². The Morgan fingerprint density at radius 2 is 1.84 bits per heavy atom. The monoisotopic (exact) mass is 541 g/mol. The van der Waals surface area contributed by atoms with Gasteiger partial charge in [-0.15, -0.1) is 24.0 Å². The average Bonchev–Trinajstić information content (AvgIpc) is 3.46. The van der Waals surface area contributed by atoms with Gasteiger partial charge in [0.25, 0.3) is 5.91 Å². The van der Waals surface area contributed by atoms with Crippen molar-refractivity contribution in [1.82, 2.24) is 20.9 Å². The van der Waals surface area contributed by atoms with E-state index in [4.69, 9.17) is 0 Å². The van der Waals surface area contributed by atoms with Crippen molar-refractivity contribution in [2.75, 3.05) is 32.7 Å². The van der Waals surface area contributed by atoms with Gasteiger partial charge in [-0.25, -0.2) is 0 Å². The maximum Gasteiger partial charge on any atom is 0.251 e. The molecule has 0 spiro atoms. The zero-order chi connectivity index (χ0) is 21.2. The number of guanidine groups is 1. The predicted molar refractivity (Wildman–Crippen MR) is 135 cm³/mol. The van der Waals surface area contributed by atoms with E-state index in [0.29, 0.717) is 24.6 Å². The summed E-state index contributed by atoms with van der Waals surface area (Å²) in [5, 5.41) is 9.69. The van der Waals surface area contributed by atoms with Gasteiger partial charge in [0.05, 0.1) is 0 Å². The minimum absolute atomic E-state index is 0. The van der Waals surface area contributed by atoms with Crippen molar-refractivity contribution in [3.05, 3.63) is 35.9 Å². The Balaban J connectivity index is 0.00000341. The molecule has 1 aliphatic carbocycles. The summed E-state index contributed by atoms with van der Waals surface area (Å²) >= 11 is 0. The Morgan fingerprint density at radius 1 is 1.10 bits per heavy atom. The number of carbonyl (C=O) groups is 2. The molecule has 7 nitrogen and oxygen atoms in total. The zero-order valence-electron chi connectivity index (χ0n) is 18.4. The van der Waals surface area contributed by atoms with Gasteiger partial charge < -0.3 is 20.9 Å². The third-order valence-electron chi connectivity index (χ3n) is 5.82. The molecule has 2 aliphatic rings. The molecule has 1 saturated carbocycles. The third kappa shape index (κ3) is 7.97. The second kappa shape index (κ2) is 13.5. The maximum atomic E-state index is 12.6. The molecule has 2 amide bonds. The van der Waals surface area contributed by atoms with Crippen LogP contribution in [0, 0.1) is 5.92 Å². The number of rotatable bonds is 8. The number of nitrogens with zero attached hydrogens (tertiary/aromatic N) is 2. The summed E-state index contributed by atoms with van der Waals surface area (Å²) in [6, 6.07) is 9.48. The summed E-state index contributed by atoms with van der Waals surface area (Å²) < 4.78 is 0. The van der Waals surface area contributed by atoms with Gasteiger partial charge in [0, 0.05) is 50.2 Å². The van der Waals surface area contributed by atoms with Crippen LogP contribution in [0.1, 0.15) is 55.8 Å². The molecule has 31 heavy (non-hydrogen) atoms. The van der Waals surface area contributed by atoms with Crippen molar-refractivity contribution < 1.29 is 9.59 Å². The molecule has 3 N–H and O–H groups in total. The first kappa shape index (κ1) is 25.4. The Kier molecular flexibility index (Phi) is 11.1. The number of hydrogen-bond donors (Lipinski definition) is 3. The Bertz CT molecular complexity index is 722. The maximum absolute atomic E-state index is 12.6. The highest BCUT2D eigenvalue weighted by Crippen LogP contribution is 2.27. The van der Waals surface area contributed by atoms with Crippen LogP contribution in [0.4, 0.5) is 0 Å². The van der Waals surface area contributed by atoms with Gasteiger partial charge in [0.1, 0.15) is 0 Å².